The van der Waals surface area contributed by atoms with E-state index in [4.69, 9.17) is 11.6 Å². The number of carbonyl (C=O) groups excluding carboxylic acids is 1. The molecule has 0 aliphatic heterocycles. The third-order valence-electron chi connectivity index (χ3n) is 4.25. The summed E-state index contributed by atoms with van der Waals surface area (Å²) in [7, 11) is 0. The zero-order valence-corrected chi connectivity index (χ0v) is 17.3. The van der Waals surface area contributed by atoms with Crippen molar-refractivity contribution in [3.05, 3.63) is 71.3 Å². The first-order valence-corrected chi connectivity index (χ1v) is 10.1. The highest BCUT2D eigenvalue weighted by atomic mass is 35.5. The lowest BCUT2D eigenvalue weighted by molar-refractivity contribution is -0.113. The van der Waals surface area contributed by atoms with Crippen LogP contribution in [-0.2, 0) is 11.3 Å². The number of nitrogens with zero attached hydrogens (tertiary/aromatic N) is 3. The molecule has 0 aliphatic rings. The molecule has 1 aromatic heterocycles. The Hall–Kier alpha value is -2.57. The van der Waals surface area contributed by atoms with E-state index in [-0.39, 0.29) is 11.7 Å². The van der Waals surface area contributed by atoms with Crippen LogP contribution in [0.3, 0.4) is 0 Å². The Morgan fingerprint density at radius 3 is 2.61 bits per heavy atom. The molecule has 0 bridgehead atoms. The maximum Gasteiger partial charge on any atom is 0.234 e. The smallest absolute Gasteiger partial charge is 0.234 e. The van der Waals surface area contributed by atoms with Crippen molar-refractivity contribution < 1.29 is 4.79 Å². The normalized spacial score (nSPS) is 10.7. The average Bonchev–Trinajstić information content (AvgIpc) is 3.07. The molecule has 0 atom stereocenters. The molecule has 0 spiro atoms. The fourth-order valence-electron chi connectivity index (χ4n) is 2.65. The molecule has 1 N–H and O–H groups in total. The quantitative estimate of drug-likeness (QED) is 0.431. The second-order valence-electron chi connectivity index (χ2n) is 6.35. The molecule has 0 radical (unpaired) electrons. The highest BCUT2D eigenvalue weighted by Crippen LogP contribution is 2.25. The van der Waals surface area contributed by atoms with Gasteiger partial charge in [0.1, 0.15) is 0 Å². The van der Waals surface area contributed by atoms with Crippen molar-refractivity contribution in [1.82, 2.24) is 14.8 Å². The van der Waals surface area contributed by atoms with Gasteiger partial charge in [0.25, 0.3) is 0 Å². The number of carbonyl (C=O) groups is 1. The molecule has 0 saturated heterocycles. The second kappa shape index (κ2) is 9.08. The molecule has 5 nitrogen and oxygen atoms in total. The van der Waals surface area contributed by atoms with Crippen LogP contribution in [-0.4, -0.2) is 26.4 Å². The van der Waals surface area contributed by atoms with Crippen LogP contribution in [0.4, 0.5) is 5.69 Å². The zero-order chi connectivity index (χ0) is 20.1. The lowest BCUT2D eigenvalue weighted by Crippen LogP contribution is -2.14. The van der Waals surface area contributed by atoms with Crippen LogP contribution in [0.2, 0.25) is 5.02 Å². The highest BCUT2D eigenvalue weighted by molar-refractivity contribution is 7.99. The van der Waals surface area contributed by atoms with Gasteiger partial charge in [-0.05, 0) is 61.4 Å². The van der Waals surface area contributed by atoms with Gasteiger partial charge in [-0.15, -0.1) is 16.8 Å². The number of anilines is 1. The first-order valence-electron chi connectivity index (χ1n) is 8.78. The van der Waals surface area contributed by atoms with E-state index in [1.54, 1.807) is 6.08 Å². The molecule has 7 heteroatoms. The van der Waals surface area contributed by atoms with Gasteiger partial charge in [0, 0.05) is 22.8 Å². The molecular formula is C21H21ClN4OS. The van der Waals surface area contributed by atoms with Crippen molar-refractivity contribution in [2.45, 2.75) is 25.5 Å². The standard InChI is InChI=1S/C21H21ClN4OS/c1-4-11-26-20(16-6-8-17(22)9-7-16)24-25-21(26)28-13-19(27)23-18-10-5-14(2)15(3)12-18/h4-10,12H,1,11,13H2,2-3H3,(H,23,27). The first-order chi connectivity index (χ1) is 13.5. The largest absolute Gasteiger partial charge is 0.325 e. The van der Waals surface area contributed by atoms with Crippen LogP contribution in [0.5, 0.6) is 0 Å². The van der Waals surface area contributed by atoms with Crippen LogP contribution >= 0.6 is 23.4 Å². The number of thioether (sulfide) groups is 1. The Morgan fingerprint density at radius 1 is 1.18 bits per heavy atom. The number of allylic oxidation sites excluding steroid dienone is 1. The minimum absolute atomic E-state index is 0.0885. The van der Waals surface area contributed by atoms with E-state index >= 15 is 0 Å². The minimum atomic E-state index is -0.0885. The summed E-state index contributed by atoms with van der Waals surface area (Å²) < 4.78 is 1.93. The molecule has 0 aliphatic carbocycles. The lowest BCUT2D eigenvalue weighted by atomic mass is 10.1. The molecule has 0 saturated carbocycles. The molecule has 144 valence electrons. The van der Waals surface area contributed by atoms with E-state index in [1.807, 2.05) is 60.9 Å². The molecule has 0 unspecified atom stereocenters. The molecule has 3 rings (SSSR count). The van der Waals surface area contributed by atoms with E-state index in [0.29, 0.717) is 22.5 Å². The maximum atomic E-state index is 12.3. The fourth-order valence-corrected chi connectivity index (χ4v) is 3.52. The molecule has 2 aromatic carbocycles. The van der Waals surface area contributed by atoms with Crippen LogP contribution in [0.25, 0.3) is 11.4 Å². The Kier molecular flexibility index (Phi) is 6.54. The van der Waals surface area contributed by atoms with Crippen LogP contribution in [0, 0.1) is 13.8 Å². The van der Waals surface area contributed by atoms with Crippen molar-refractivity contribution in [2.75, 3.05) is 11.1 Å². The molecule has 1 heterocycles. The maximum absolute atomic E-state index is 12.3. The Bertz CT molecular complexity index is 998. The molecule has 1 amide bonds. The fraction of sp³-hybridized carbons (Fsp3) is 0.190. The number of rotatable bonds is 7. The number of benzene rings is 2. The number of hydrogen-bond donors (Lipinski definition) is 1. The van der Waals surface area contributed by atoms with Crippen molar-refractivity contribution in [1.29, 1.82) is 0 Å². The number of aryl methyl sites for hydroxylation is 2. The van der Waals surface area contributed by atoms with E-state index in [1.165, 1.54) is 17.3 Å². The summed E-state index contributed by atoms with van der Waals surface area (Å²) in [5.41, 5.74) is 4.04. The average molecular weight is 413 g/mol. The van der Waals surface area contributed by atoms with Crippen LogP contribution < -0.4 is 5.32 Å². The van der Waals surface area contributed by atoms with Crippen LogP contribution in [0.1, 0.15) is 11.1 Å². The summed E-state index contributed by atoms with van der Waals surface area (Å²) in [5.74, 6) is 0.867. The van der Waals surface area contributed by atoms with Crippen LogP contribution in [0.15, 0.2) is 60.3 Å². The van der Waals surface area contributed by atoms with Gasteiger partial charge in [-0.25, -0.2) is 0 Å². The van der Waals surface area contributed by atoms with Crippen molar-refractivity contribution in [3.8, 4) is 11.4 Å². The summed E-state index contributed by atoms with van der Waals surface area (Å²) in [5, 5.41) is 12.8. The summed E-state index contributed by atoms with van der Waals surface area (Å²) in [6.07, 6.45) is 1.78. The monoisotopic (exact) mass is 412 g/mol. The van der Waals surface area contributed by atoms with E-state index in [0.717, 1.165) is 16.8 Å². The van der Waals surface area contributed by atoms with Gasteiger partial charge in [-0.3, -0.25) is 9.36 Å². The Balaban J connectivity index is 1.71. The number of amides is 1. The Morgan fingerprint density at radius 2 is 1.93 bits per heavy atom. The van der Waals surface area contributed by atoms with Crippen molar-refractivity contribution >= 4 is 35.0 Å². The number of hydrogen-bond acceptors (Lipinski definition) is 4. The SMILES string of the molecule is C=CCn1c(SCC(=O)Nc2ccc(C)c(C)c2)nnc1-c1ccc(Cl)cc1. The second-order valence-corrected chi connectivity index (χ2v) is 7.73. The zero-order valence-electron chi connectivity index (χ0n) is 15.8. The Labute approximate surface area is 173 Å². The molecular weight excluding hydrogens is 392 g/mol. The highest BCUT2D eigenvalue weighted by Gasteiger charge is 2.15. The lowest BCUT2D eigenvalue weighted by Gasteiger charge is -2.09. The summed E-state index contributed by atoms with van der Waals surface area (Å²) >= 11 is 7.31. The van der Waals surface area contributed by atoms with E-state index < -0.39 is 0 Å². The summed E-state index contributed by atoms with van der Waals surface area (Å²) in [6, 6.07) is 13.3. The third kappa shape index (κ3) is 4.82. The van der Waals surface area contributed by atoms with E-state index in [2.05, 4.69) is 22.1 Å². The number of aromatic nitrogens is 3. The molecule has 0 fully saturated rings. The van der Waals surface area contributed by atoms with Gasteiger partial charge in [0.2, 0.25) is 5.91 Å². The van der Waals surface area contributed by atoms with Gasteiger partial charge in [0.15, 0.2) is 11.0 Å². The van der Waals surface area contributed by atoms with Gasteiger partial charge in [0.05, 0.1) is 5.75 Å². The van der Waals surface area contributed by atoms with Gasteiger partial charge >= 0.3 is 0 Å². The summed E-state index contributed by atoms with van der Waals surface area (Å²) in [4.78, 5) is 12.3. The number of nitrogens with one attached hydrogen (secondary N) is 1. The minimum Gasteiger partial charge on any atom is -0.325 e. The third-order valence-corrected chi connectivity index (χ3v) is 5.47. The predicted octanol–water partition coefficient (Wildman–Crippen LogP) is 5.13. The van der Waals surface area contributed by atoms with Gasteiger partial charge < -0.3 is 5.32 Å². The molecule has 3 aromatic rings. The molecule has 28 heavy (non-hydrogen) atoms. The van der Waals surface area contributed by atoms with Crippen molar-refractivity contribution in [2.24, 2.45) is 0 Å². The first kappa shape index (κ1) is 20.2. The summed E-state index contributed by atoms with van der Waals surface area (Å²) in [6.45, 7) is 8.42. The number of halogens is 1. The topological polar surface area (TPSA) is 59.8 Å². The van der Waals surface area contributed by atoms with Gasteiger partial charge in [-0.1, -0.05) is 35.5 Å². The van der Waals surface area contributed by atoms with Crippen molar-refractivity contribution in [3.63, 3.8) is 0 Å². The predicted molar refractivity (Wildman–Crippen MR) is 116 cm³/mol. The van der Waals surface area contributed by atoms with Gasteiger partial charge in [-0.2, -0.15) is 0 Å². The van der Waals surface area contributed by atoms with E-state index in [9.17, 15) is 4.79 Å².